The van der Waals surface area contributed by atoms with Gasteiger partial charge in [-0.15, -0.1) is 0 Å². The fourth-order valence-corrected chi connectivity index (χ4v) is 5.47. The van der Waals surface area contributed by atoms with Gasteiger partial charge in [-0.1, -0.05) is 19.9 Å². The standard InChI is InChI=1S/C22H29N3O3S/c1-16-12-17(2)15-25(14-16)29(27,28)21-10-8-19(9-11-21)23-22(26)18-6-5-7-20(13-18)24(3)4/h5-11,13,16-17H,12,14-15H2,1-4H3,(H,23,26)/t16-,17-/m0/s1. The van der Waals surface area contributed by atoms with Gasteiger partial charge in [-0.3, -0.25) is 4.79 Å². The van der Waals surface area contributed by atoms with Crippen LogP contribution in [0.5, 0.6) is 0 Å². The third kappa shape index (κ3) is 4.97. The van der Waals surface area contributed by atoms with Crippen molar-refractivity contribution in [3.63, 3.8) is 0 Å². The van der Waals surface area contributed by atoms with Gasteiger partial charge in [-0.25, -0.2) is 8.42 Å². The van der Waals surface area contributed by atoms with Crippen LogP contribution < -0.4 is 10.2 Å². The Morgan fingerprint density at radius 1 is 1.03 bits per heavy atom. The Bertz CT molecular complexity index is 961. The van der Waals surface area contributed by atoms with E-state index >= 15 is 0 Å². The van der Waals surface area contributed by atoms with Crippen molar-refractivity contribution in [3.8, 4) is 0 Å². The van der Waals surface area contributed by atoms with E-state index in [0.717, 1.165) is 12.1 Å². The first-order valence-corrected chi connectivity index (χ1v) is 11.3. The summed E-state index contributed by atoms with van der Waals surface area (Å²) < 4.78 is 27.5. The normalized spacial score (nSPS) is 20.3. The quantitative estimate of drug-likeness (QED) is 0.809. The topological polar surface area (TPSA) is 69.7 Å². The van der Waals surface area contributed by atoms with Crippen LogP contribution in [0.15, 0.2) is 53.4 Å². The van der Waals surface area contributed by atoms with E-state index in [0.29, 0.717) is 36.2 Å². The van der Waals surface area contributed by atoms with Crippen molar-refractivity contribution in [1.29, 1.82) is 0 Å². The second kappa shape index (κ2) is 8.55. The summed E-state index contributed by atoms with van der Waals surface area (Å²) in [5, 5.41) is 2.83. The molecule has 3 rings (SSSR count). The molecule has 6 nitrogen and oxygen atoms in total. The van der Waals surface area contributed by atoms with Gasteiger partial charge >= 0.3 is 0 Å². The molecule has 1 heterocycles. The van der Waals surface area contributed by atoms with Crippen molar-refractivity contribution in [2.75, 3.05) is 37.4 Å². The molecule has 1 N–H and O–H groups in total. The molecule has 0 bridgehead atoms. The Labute approximate surface area is 173 Å². The number of carbonyl (C=O) groups excluding carboxylic acids is 1. The highest BCUT2D eigenvalue weighted by Crippen LogP contribution is 2.27. The van der Waals surface area contributed by atoms with Crippen molar-refractivity contribution < 1.29 is 13.2 Å². The Morgan fingerprint density at radius 3 is 2.24 bits per heavy atom. The van der Waals surface area contributed by atoms with Crippen molar-refractivity contribution in [2.24, 2.45) is 11.8 Å². The molecule has 2 aromatic rings. The van der Waals surface area contributed by atoms with E-state index < -0.39 is 10.0 Å². The van der Waals surface area contributed by atoms with E-state index in [4.69, 9.17) is 0 Å². The van der Waals surface area contributed by atoms with Crippen LogP contribution in [0.4, 0.5) is 11.4 Å². The molecule has 2 aromatic carbocycles. The van der Waals surface area contributed by atoms with Crippen LogP contribution in [-0.4, -0.2) is 45.8 Å². The first kappa shape index (κ1) is 21.3. The van der Waals surface area contributed by atoms with Gasteiger partial charge in [0.05, 0.1) is 4.90 Å². The van der Waals surface area contributed by atoms with Crippen LogP contribution in [0.25, 0.3) is 0 Å². The maximum absolute atomic E-state index is 13.0. The lowest BCUT2D eigenvalue weighted by molar-refractivity contribution is 0.102. The Morgan fingerprint density at radius 2 is 1.66 bits per heavy atom. The molecule has 1 saturated heterocycles. The second-order valence-electron chi connectivity index (χ2n) is 8.19. The summed E-state index contributed by atoms with van der Waals surface area (Å²) in [6.45, 7) is 5.27. The largest absolute Gasteiger partial charge is 0.378 e. The number of piperidine rings is 1. The van der Waals surface area contributed by atoms with E-state index in [9.17, 15) is 13.2 Å². The van der Waals surface area contributed by atoms with Gasteiger partial charge in [0, 0.05) is 44.1 Å². The van der Waals surface area contributed by atoms with E-state index in [1.165, 1.54) is 0 Å². The van der Waals surface area contributed by atoms with Crippen LogP contribution >= 0.6 is 0 Å². The third-order valence-electron chi connectivity index (χ3n) is 5.21. The van der Waals surface area contributed by atoms with E-state index in [1.54, 1.807) is 34.6 Å². The average molecular weight is 416 g/mol. The molecule has 1 fully saturated rings. The van der Waals surface area contributed by atoms with Crippen LogP contribution in [0.2, 0.25) is 0 Å². The summed E-state index contributed by atoms with van der Waals surface area (Å²) in [4.78, 5) is 14.7. The highest BCUT2D eigenvalue weighted by molar-refractivity contribution is 7.89. The second-order valence-corrected chi connectivity index (χ2v) is 10.1. The number of benzene rings is 2. The lowest BCUT2D eigenvalue weighted by atomic mass is 9.94. The number of amides is 1. The highest BCUT2D eigenvalue weighted by Gasteiger charge is 2.31. The molecule has 0 saturated carbocycles. The fraction of sp³-hybridized carbons (Fsp3) is 0.409. The van der Waals surface area contributed by atoms with Gasteiger partial charge < -0.3 is 10.2 Å². The summed E-state index contributed by atoms with van der Waals surface area (Å²) in [6, 6.07) is 13.7. The number of carbonyl (C=O) groups is 1. The maximum Gasteiger partial charge on any atom is 0.255 e. The van der Waals surface area contributed by atoms with Gasteiger partial charge in [0.25, 0.3) is 5.91 Å². The molecule has 0 spiro atoms. The molecule has 0 aromatic heterocycles. The molecule has 156 valence electrons. The number of nitrogens with zero attached hydrogens (tertiary/aromatic N) is 2. The van der Waals surface area contributed by atoms with E-state index in [2.05, 4.69) is 19.2 Å². The lowest BCUT2D eigenvalue weighted by Crippen LogP contribution is -2.42. The first-order valence-electron chi connectivity index (χ1n) is 9.86. The monoisotopic (exact) mass is 415 g/mol. The van der Waals surface area contributed by atoms with Crippen molar-refractivity contribution in [3.05, 3.63) is 54.1 Å². The summed E-state index contributed by atoms with van der Waals surface area (Å²) in [5.41, 5.74) is 2.04. The highest BCUT2D eigenvalue weighted by atomic mass is 32.2. The van der Waals surface area contributed by atoms with Gasteiger partial charge in [0.15, 0.2) is 0 Å². The number of rotatable bonds is 5. The maximum atomic E-state index is 13.0. The average Bonchev–Trinajstić information content (AvgIpc) is 2.67. The minimum absolute atomic E-state index is 0.233. The zero-order valence-corrected chi connectivity index (χ0v) is 18.2. The van der Waals surface area contributed by atoms with Crippen LogP contribution in [0, 0.1) is 11.8 Å². The SMILES string of the molecule is C[C@H]1C[C@H](C)CN(S(=O)(=O)c2ccc(NC(=O)c3cccc(N(C)C)c3)cc2)C1. The van der Waals surface area contributed by atoms with Gasteiger partial charge in [-0.05, 0) is 60.7 Å². The molecule has 0 unspecified atom stereocenters. The van der Waals surface area contributed by atoms with Crippen LogP contribution in [-0.2, 0) is 10.0 Å². The fourth-order valence-electron chi connectivity index (χ4n) is 3.79. The predicted molar refractivity (Wildman–Crippen MR) is 117 cm³/mol. The minimum atomic E-state index is -3.53. The number of nitrogens with one attached hydrogen (secondary N) is 1. The molecule has 1 aliphatic rings. The van der Waals surface area contributed by atoms with Crippen molar-refractivity contribution in [1.82, 2.24) is 4.31 Å². The number of hydrogen-bond acceptors (Lipinski definition) is 4. The Kier molecular flexibility index (Phi) is 6.29. The minimum Gasteiger partial charge on any atom is -0.378 e. The molecule has 0 aliphatic carbocycles. The third-order valence-corrected chi connectivity index (χ3v) is 7.06. The van der Waals surface area contributed by atoms with Gasteiger partial charge in [-0.2, -0.15) is 4.31 Å². The zero-order chi connectivity index (χ0) is 21.2. The zero-order valence-electron chi connectivity index (χ0n) is 17.4. The van der Waals surface area contributed by atoms with Gasteiger partial charge in [0.1, 0.15) is 0 Å². The number of hydrogen-bond donors (Lipinski definition) is 1. The van der Waals surface area contributed by atoms with E-state index in [1.807, 2.05) is 37.2 Å². The number of anilines is 2. The molecule has 29 heavy (non-hydrogen) atoms. The van der Waals surface area contributed by atoms with E-state index in [-0.39, 0.29) is 10.8 Å². The Balaban J connectivity index is 1.73. The molecule has 7 heteroatoms. The summed E-state index contributed by atoms with van der Waals surface area (Å²) >= 11 is 0. The van der Waals surface area contributed by atoms with Crippen molar-refractivity contribution in [2.45, 2.75) is 25.2 Å². The molecular weight excluding hydrogens is 386 g/mol. The summed E-state index contributed by atoms with van der Waals surface area (Å²) in [7, 11) is 0.308. The van der Waals surface area contributed by atoms with Crippen LogP contribution in [0.1, 0.15) is 30.6 Å². The smallest absolute Gasteiger partial charge is 0.255 e. The number of sulfonamides is 1. The molecule has 1 aliphatic heterocycles. The van der Waals surface area contributed by atoms with Gasteiger partial charge in [0.2, 0.25) is 10.0 Å². The Hall–Kier alpha value is -2.38. The molecule has 0 radical (unpaired) electrons. The lowest BCUT2D eigenvalue weighted by Gasteiger charge is -2.34. The molecule has 2 atom stereocenters. The summed E-state index contributed by atoms with van der Waals surface area (Å²) in [6.07, 6.45) is 1.05. The molecular formula is C22H29N3O3S. The van der Waals surface area contributed by atoms with Crippen molar-refractivity contribution >= 4 is 27.3 Å². The molecule has 1 amide bonds. The predicted octanol–water partition coefficient (Wildman–Crippen LogP) is 3.67. The van der Waals surface area contributed by atoms with Crippen LogP contribution in [0.3, 0.4) is 0 Å². The first-order chi connectivity index (χ1) is 13.7. The summed E-state index contributed by atoms with van der Waals surface area (Å²) in [5.74, 6) is 0.470.